The molecule has 0 aliphatic rings. The van der Waals surface area contributed by atoms with E-state index in [9.17, 15) is 18.0 Å². The molecule has 0 spiro atoms. The molecule has 0 saturated carbocycles. The minimum absolute atomic E-state index is 0.0163. The molecule has 0 aliphatic heterocycles. The number of hydrogen-bond acceptors (Lipinski definition) is 9. The second-order valence-corrected chi connectivity index (χ2v) is 11.3. The number of ether oxygens (including phenoxy) is 1. The van der Waals surface area contributed by atoms with Crippen LogP contribution in [-0.2, 0) is 19.6 Å². The molecule has 0 radical (unpaired) electrons. The summed E-state index contributed by atoms with van der Waals surface area (Å²) in [6.07, 6.45) is -1.11. The van der Waals surface area contributed by atoms with E-state index in [1.54, 1.807) is 25.1 Å². The van der Waals surface area contributed by atoms with Gasteiger partial charge in [0.25, 0.3) is 15.9 Å². The van der Waals surface area contributed by atoms with E-state index < -0.39 is 28.0 Å². The van der Waals surface area contributed by atoms with Crippen molar-refractivity contribution in [3.8, 4) is 11.4 Å². The third-order valence-electron chi connectivity index (χ3n) is 5.60. The van der Waals surface area contributed by atoms with Gasteiger partial charge in [-0.25, -0.2) is 18.2 Å². The quantitative estimate of drug-likeness (QED) is 0.235. The molecule has 11 nitrogen and oxygen atoms in total. The molecule has 0 fully saturated rings. The summed E-state index contributed by atoms with van der Waals surface area (Å²) in [7, 11) is -3.87. The van der Waals surface area contributed by atoms with Crippen molar-refractivity contribution in [2.24, 2.45) is 0 Å². The monoisotopic (exact) mass is 562 g/mol. The number of fused-ring (bicyclic) bond motifs is 1. The van der Waals surface area contributed by atoms with Gasteiger partial charge in [-0.15, -0.1) is 10.2 Å². The first-order valence-electron chi connectivity index (χ1n) is 11.7. The molecule has 0 aliphatic carbocycles. The van der Waals surface area contributed by atoms with Crippen molar-refractivity contribution in [3.05, 3.63) is 83.4 Å². The number of esters is 1. The second kappa shape index (κ2) is 10.6. The zero-order chi connectivity index (χ0) is 27.6. The van der Waals surface area contributed by atoms with Gasteiger partial charge in [0.15, 0.2) is 6.10 Å². The van der Waals surface area contributed by atoms with Crippen LogP contribution in [0.2, 0.25) is 0 Å². The molecule has 5 aromatic rings. The number of aryl methyl sites for hydroxylation is 1. The van der Waals surface area contributed by atoms with Gasteiger partial charge in [0.1, 0.15) is 10.8 Å². The highest BCUT2D eigenvalue weighted by Gasteiger charge is 2.21. The predicted octanol–water partition coefficient (Wildman–Crippen LogP) is 4.37. The number of anilines is 2. The van der Waals surface area contributed by atoms with E-state index in [-0.39, 0.29) is 15.6 Å². The molecule has 13 heteroatoms. The summed E-state index contributed by atoms with van der Waals surface area (Å²) in [6, 6.07) is 20.1. The Morgan fingerprint density at radius 1 is 1.00 bits per heavy atom. The van der Waals surface area contributed by atoms with Gasteiger partial charge >= 0.3 is 5.97 Å². The van der Waals surface area contributed by atoms with Crippen LogP contribution in [0.4, 0.5) is 10.8 Å². The number of nitrogens with one attached hydrogen (secondary N) is 3. The van der Waals surface area contributed by atoms with Gasteiger partial charge in [0.2, 0.25) is 5.13 Å². The van der Waals surface area contributed by atoms with E-state index in [4.69, 9.17) is 4.74 Å². The fraction of sp³-hybridized carbons (Fsp3) is 0.115. The molecular weight excluding hydrogens is 540 g/mol. The normalized spacial score (nSPS) is 12.2. The fourth-order valence-corrected chi connectivity index (χ4v) is 5.45. The number of nitrogens with zero attached hydrogens (tertiary/aromatic N) is 3. The van der Waals surface area contributed by atoms with Crippen LogP contribution in [0.15, 0.2) is 77.7 Å². The Hall–Kier alpha value is -4.62. The van der Waals surface area contributed by atoms with Crippen molar-refractivity contribution in [1.82, 2.24) is 20.2 Å². The van der Waals surface area contributed by atoms with E-state index in [0.717, 1.165) is 16.9 Å². The zero-order valence-electron chi connectivity index (χ0n) is 20.7. The maximum atomic E-state index is 12.7. The van der Waals surface area contributed by atoms with Gasteiger partial charge in [-0.05, 0) is 56.3 Å². The minimum atomic E-state index is -3.87. The average Bonchev–Trinajstić information content (AvgIpc) is 3.54. The lowest BCUT2D eigenvalue weighted by molar-refractivity contribution is -0.123. The summed E-state index contributed by atoms with van der Waals surface area (Å²) in [6.45, 7) is 3.16. The highest BCUT2D eigenvalue weighted by atomic mass is 32.2. The molecule has 1 unspecified atom stereocenters. The molecule has 2 heterocycles. The van der Waals surface area contributed by atoms with Crippen LogP contribution >= 0.6 is 11.3 Å². The van der Waals surface area contributed by atoms with Gasteiger partial charge < -0.3 is 15.0 Å². The van der Waals surface area contributed by atoms with Gasteiger partial charge in [0.05, 0.1) is 21.5 Å². The van der Waals surface area contributed by atoms with Crippen molar-refractivity contribution in [3.63, 3.8) is 0 Å². The number of carbonyl (C=O) groups is 2. The molecular formula is C26H22N6O5S2. The van der Waals surface area contributed by atoms with E-state index in [0.29, 0.717) is 27.6 Å². The van der Waals surface area contributed by atoms with E-state index in [2.05, 4.69) is 30.2 Å². The highest BCUT2D eigenvalue weighted by molar-refractivity contribution is 7.93. The number of aromatic nitrogens is 4. The molecule has 0 bridgehead atoms. The SMILES string of the molecule is Cc1nnc(NS(=O)(=O)c2ccc(NC(=O)C(C)OC(=O)c3ccc4nc(-c5ccccc5)[nH]c4c3)cc2)s1. The number of sulfonamides is 1. The molecule has 1 atom stereocenters. The molecule has 5 rings (SSSR count). The van der Waals surface area contributed by atoms with E-state index in [1.165, 1.54) is 31.2 Å². The molecule has 0 saturated heterocycles. The van der Waals surface area contributed by atoms with Crippen molar-refractivity contribution in [2.75, 3.05) is 10.0 Å². The van der Waals surface area contributed by atoms with Crippen LogP contribution in [0.25, 0.3) is 22.4 Å². The van der Waals surface area contributed by atoms with E-state index in [1.807, 2.05) is 30.3 Å². The number of carbonyl (C=O) groups excluding carboxylic acids is 2. The first-order chi connectivity index (χ1) is 18.7. The number of aromatic amines is 1. The summed E-state index contributed by atoms with van der Waals surface area (Å²) < 4.78 is 32.8. The molecule has 198 valence electrons. The lowest BCUT2D eigenvalue weighted by Crippen LogP contribution is -2.30. The molecule has 3 N–H and O–H groups in total. The number of amides is 1. The first kappa shape index (κ1) is 26.0. The topological polar surface area (TPSA) is 156 Å². The number of H-pyrrole nitrogens is 1. The summed E-state index contributed by atoms with van der Waals surface area (Å²) in [5.74, 6) is -0.570. The number of rotatable bonds is 8. The Labute approximate surface area is 227 Å². The zero-order valence-corrected chi connectivity index (χ0v) is 22.3. The van der Waals surface area contributed by atoms with Crippen molar-refractivity contribution >= 4 is 55.1 Å². The van der Waals surface area contributed by atoms with Crippen LogP contribution in [0.5, 0.6) is 0 Å². The minimum Gasteiger partial charge on any atom is -0.449 e. The number of hydrogen-bond donors (Lipinski definition) is 3. The summed E-state index contributed by atoms with van der Waals surface area (Å²) in [5.41, 5.74) is 2.86. The van der Waals surface area contributed by atoms with Crippen LogP contribution in [0, 0.1) is 6.92 Å². The van der Waals surface area contributed by atoms with Crippen LogP contribution in [-0.4, -0.2) is 46.6 Å². The third kappa shape index (κ3) is 5.94. The van der Waals surface area contributed by atoms with Crippen molar-refractivity contribution in [2.45, 2.75) is 24.8 Å². The molecule has 39 heavy (non-hydrogen) atoms. The Bertz CT molecular complexity index is 1770. The van der Waals surface area contributed by atoms with Gasteiger partial charge in [-0.1, -0.05) is 41.7 Å². The largest absolute Gasteiger partial charge is 0.449 e. The predicted molar refractivity (Wildman–Crippen MR) is 147 cm³/mol. The van der Waals surface area contributed by atoms with Crippen molar-refractivity contribution in [1.29, 1.82) is 0 Å². The summed E-state index contributed by atoms with van der Waals surface area (Å²) in [4.78, 5) is 33.1. The maximum absolute atomic E-state index is 12.7. The molecule has 2 aromatic heterocycles. The fourth-order valence-electron chi connectivity index (χ4n) is 3.62. The number of imidazole rings is 1. The Balaban J connectivity index is 1.20. The standard InChI is InChI=1S/C26H22N6O5S2/c1-15(24(33)27-19-9-11-20(12-10-19)39(35,36)32-26-31-30-16(2)38-26)37-25(34)18-8-13-21-22(14-18)29-23(28-21)17-6-4-3-5-7-17/h3-15H,1-2H3,(H,27,33)(H,28,29)(H,31,32). The summed E-state index contributed by atoms with van der Waals surface area (Å²) >= 11 is 1.11. The Morgan fingerprint density at radius 3 is 2.44 bits per heavy atom. The van der Waals surface area contributed by atoms with Gasteiger partial charge in [0, 0.05) is 11.3 Å². The Kier molecular flexibility index (Phi) is 7.09. The molecule has 3 aromatic carbocycles. The lowest BCUT2D eigenvalue weighted by Gasteiger charge is -2.14. The molecule has 1 amide bonds. The van der Waals surface area contributed by atoms with Crippen LogP contribution in [0.3, 0.4) is 0 Å². The van der Waals surface area contributed by atoms with Crippen LogP contribution in [0.1, 0.15) is 22.3 Å². The Morgan fingerprint density at radius 2 is 1.74 bits per heavy atom. The third-order valence-corrected chi connectivity index (χ3v) is 7.84. The van der Waals surface area contributed by atoms with E-state index >= 15 is 0 Å². The highest BCUT2D eigenvalue weighted by Crippen LogP contribution is 2.23. The lowest BCUT2D eigenvalue weighted by atomic mass is 10.2. The summed E-state index contributed by atoms with van der Waals surface area (Å²) in [5, 5.41) is 10.9. The smallest absolute Gasteiger partial charge is 0.338 e. The van der Waals surface area contributed by atoms with Crippen molar-refractivity contribution < 1.29 is 22.7 Å². The second-order valence-electron chi connectivity index (χ2n) is 8.48. The maximum Gasteiger partial charge on any atom is 0.338 e. The number of benzene rings is 3. The van der Waals surface area contributed by atoms with Gasteiger partial charge in [-0.2, -0.15) is 0 Å². The average molecular weight is 563 g/mol. The van der Waals surface area contributed by atoms with Crippen LogP contribution < -0.4 is 10.0 Å². The first-order valence-corrected chi connectivity index (χ1v) is 14.0. The van der Waals surface area contributed by atoms with Gasteiger partial charge in [-0.3, -0.25) is 9.52 Å².